The van der Waals surface area contributed by atoms with E-state index in [9.17, 15) is 9.59 Å². The van der Waals surface area contributed by atoms with Gasteiger partial charge in [0.25, 0.3) is 11.8 Å². The molecule has 0 atom stereocenters. The highest BCUT2D eigenvalue weighted by molar-refractivity contribution is 6.05. The van der Waals surface area contributed by atoms with Gasteiger partial charge in [0.05, 0.1) is 24.0 Å². The zero-order chi connectivity index (χ0) is 22.5. The highest BCUT2D eigenvalue weighted by Crippen LogP contribution is 2.25. The first-order valence-corrected chi connectivity index (χ1v) is 10.0. The molecule has 0 radical (unpaired) electrons. The van der Waals surface area contributed by atoms with Gasteiger partial charge in [0.1, 0.15) is 11.4 Å². The van der Waals surface area contributed by atoms with Crippen LogP contribution in [-0.2, 0) is 6.54 Å². The molecular formula is C25H22N4O3. The molecule has 0 fully saturated rings. The zero-order valence-electron chi connectivity index (χ0n) is 17.5. The van der Waals surface area contributed by atoms with E-state index in [0.717, 1.165) is 10.9 Å². The maximum absolute atomic E-state index is 12.6. The molecule has 7 nitrogen and oxygen atoms in total. The summed E-state index contributed by atoms with van der Waals surface area (Å²) >= 11 is 0. The molecule has 0 aliphatic rings. The van der Waals surface area contributed by atoms with Crippen molar-refractivity contribution in [3.63, 3.8) is 0 Å². The Balaban J connectivity index is 1.41. The molecule has 0 saturated carbocycles. The number of nitrogens with zero attached hydrogens (tertiary/aromatic N) is 1. The van der Waals surface area contributed by atoms with E-state index in [4.69, 9.17) is 10.5 Å². The highest BCUT2D eigenvalue weighted by atomic mass is 16.5. The van der Waals surface area contributed by atoms with Gasteiger partial charge in [-0.1, -0.05) is 36.4 Å². The third kappa shape index (κ3) is 4.52. The van der Waals surface area contributed by atoms with Crippen LogP contribution in [0, 0.1) is 0 Å². The molecule has 0 aliphatic carbocycles. The molecule has 0 bridgehead atoms. The number of carbonyl (C=O) groups is 2. The van der Waals surface area contributed by atoms with Gasteiger partial charge in [-0.2, -0.15) is 0 Å². The van der Waals surface area contributed by atoms with Crippen molar-refractivity contribution in [1.29, 1.82) is 0 Å². The van der Waals surface area contributed by atoms with E-state index >= 15 is 0 Å². The molecule has 2 amide bonds. The molecule has 3 aromatic carbocycles. The highest BCUT2D eigenvalue weighted by Gasteiger charge is 2.13. The van der Waals surface area contributed by atoms with Crippen LogP contribution in [0.25, 0.3) is 10.9 Å². The van der Waals surface area contributed by atoms with E-state index in [1.165, 1.54) is 0 Å². The largest absolute Gasteiger partial charge is 0.496 e. The number of rotatable bonds is 6. The smallest absolute Gasteiger partial charge is 0.270 e. The molecule has 4 rings (SSSR count). The predicted molar refractivity (Wildman–Crippen MR) is 125 cm³/mol. The molecule has 0 aliphatic heterocycles. The topological polar surface area (TPSA) is 106 Å². The van der Waals surface area contributed by atoms with Crippen molar-refractivity contribution in [2.24, 2.45) is 0 Å². The minimum Gasteiger partial charge on any atom is -0.496 e. The first-order valence-electron chi connectivity index (χ1n) is 10.0. The van der Waals surface area contributed by atoms with Gasteiger partial charge < -0.3 is 21.1 Å². The summed E-state index contributed by atoms with van der Waals surface area (Å²) < 4.78 is 5.40. The number of benzene rings is 3. The Morgan fingerprint density at radius 3 is 2.41 bits per heavy atom. The third-order valence-electron chi connectivity index (χ3n) is 5.01. The summed E-state index contributed by atoms with van der Waals surface area (Å²) in [6.45, 7) is 0.295. The monoisotopic (exact) mass is 426 g/mol. The fourth-order valence-corrected chi connectivity index (χ4v) is 3.28. The normalized spacial score (nSPS) is 10.5. The molecule has 0 saturated heterocycles. The number of anilines is 2. The second-order valence-electron chi connectivity index (χ2n) is 7.15. The number of methoxy groups -OCH3 is 1. The van der Waals surface area contributed by atoms with Crippen molar-refractivity contribution in [3.8, 4) is 5.75 Å². The van der Waals surface area contributed by atoms with E-state index in [2.05, 4.69) is 15.6 Å². The van der Waals surface area contributed by atoms with Gasteiger partial charge in [-0.15, -0.1) is 0 Å². The fraction of sp³-hybridized carbons (Fsp3) is 0.0800. The van der Waals surface area contributed by atoms with E-state index < -0.39 is 0 Å². The zero-order valence-corrected chi connectivity index (χ0v) is 17.5. The van der Waals surface area contributed by atoms with Crippen molar-refractivity contribution in [2.45, 2.75) is 6.54 Å². The van der Waals surface area contributed by atoms with Gasteiger partial charge in [-0.25, -0.2) is 4.98 Å². The molecule has 160 valence electrons. The van der Waals surface area contributed by atoms with E-state index in [-0.39, 0.29) is 17.5 Å². The second-order valence-corrected chi connectivity index (χ2v) is 7.15. The van der Waals surface area contributed by atoms with E-state index in [1.807, 2.05) is 24.3 Å². The van der Waals surface area contributed by atoms with Crippen LogP contribution < -0.4 is 21.1 Å². The molecular weight excluding hydrogens is 404 g/mol. The van der Waals surface area contributed by atoms with Crippen LogP contribution in [-0.4, -0.2) is 23.9 Å². The minimum absolute atomic E-state index is 0.258. The number of para-hydroxylation sites is 3. The average Bonchev–Trinajstić information content (AvgIpc) is 2.83. The summed E-state index contributed by atoms with van der Waals surface area (Å²) in [6, 6.07) is 23.2. The number of amides is 2. The number of hydrogen-bond acceptors (Lipinski definition) is 5. The Morgan fingerprint density at radius 2 is 1.66 bits per heavy atom. The summed E-state index contributed by atoms with van der Waals surface area (Å²) in [4.78, 5) is 29.5. The number of pyridine rings is 1. The van der Waals surface area contributed by atoms with Crippen molar-refractivity contribution < 1.29 is 14.3 Å². The summed E-state index contributed by atoms with van der Waals surface area (Å²) in [5, 5.41) is 6.49. The minimum atomic E-state index is -0.310. The number of aromatic nitrogens is 1. The average molecular weight is 426 g/mol. The Labute approximate surface area is 185 Å². The van der Waals surface area contributed by atoms with Crippen LogP contribution in [0.3, 0.4) is 0 Å². The van der Waals surface area contributed by atoms with Crippen LogP contribution in [0.4, 0.5) is 11.4 Å². The number of fused-ring (bicyclic) bond motifs is 1. The van der Waals surface area contributed by atoms with Gasteiger partial charge in [0.2, 0.25) is 0 Å². The summed E-state index contributed by atoms with van der Waals surface area (Å²) in [7, 11) is 1.56. The van der Waals surface area contributed by atoms with Crippen molar-refractivity contribution in [1.82, 2.24) is 10.3 Å². The quantitative estimate of drug-likeness (QED) is 0.404. The summed E-state index contributed by atoms with van der Waals surface area (Å²) in [5.41, 5.74) is 9.23. The third-order valence-corrected chi connectivity index (χ3v) is 5.01. The van der Waals surface area contributed by atoms with Crippen LogP contribution >= 0.6 is 0 Å². The Morgan fingerprint density at radius 1 is 0.938 bits per heavy atom. The lowest BCUT2D eigenvalue weighted by molar-refractivity contribution is 0.0945. The van der Waals surface area contributed by atoms with Gasteiger partial charge in [0.15, 0.2) is 0 Å². The molecule has 7 heteroatoms. The number of nitrogens with two attached hydrogens (primary N) is 1. The maximum atomic E-state index is 12.6. The number of carbonyl (C=O) groups excluding carboxylic acids is 2. The lowest BCUT2D eigenvalue weighted by Crippen LogP contribution is -2.24. The molecule has 4 N–H and O–H groups in total. The number of ether oxygens (including phenoxy) is 1. The maximum Gasteiger partial charge on any atom is 0.270 e. The standard InChI is InChI=1S/C25H22N4O3/c1-32-23-14-22(28-20-8-4-2-6-18(20)23)25(31)27-15-16-10-12-17(13-11-16)24(30)29-21-9-5-3-7-19(21)26/h2-14H,15,26H2,1H3,(H,27,31)(H,29,30). The van der Waals surface area contributed by atoms with Crippen molar-refractivity contribution in [3.05, 3.63) is 95.7 Å². The van der Waals surface area contributed by atoms with Crippen LogP contribution in [0.2, 0.25) is 0 Å². The molecule has 1 aromatic heterocycles. The summed E-state index contributed by atoms with van der Waals surface area (Å²) in [6.07, 6.45) is 0. The fourth-order valence-electron chi connectivity index (χ4n) is 3.28. The molecule has 0 spiro atoms. The summed E-state index contributed by atoms with van der Waals surface area (Å²) in [5.74, 6) is 0.0246. The first kappa shape index (κ1) is 20.9. The van der Waals surface area contributed by atoms with Crippen LogP contribution in [0.1, 0.15) is 26.4 Å². The van der Waals surface area contributed by atoms with Crippen molar-refractivity contribution in [2.75, 3.05) is 18.2 Å². The molecule has 0 unspecified atom stereocenters. The Kier molecular flexibility index (Phi) is 5.98. The van der Waals surface area contributed by atoms with Gasteiger partial charge in [-0.3, -0.25) is 9.59 Å². The second kappa shape index (κ2) is 9.18. The van der Waals surface area contributed by atoms with Crippen LogP contribution in [0.15, 0.2) is 78.9 Å². The first-order chi connectivity index (χ1) is 15.5. The lowest BCUT2D eigenvalue weighted by Gasteiger charge is -2.10. The number of hydrogen-bond donors (Lipinski definition) is 3. The SMILES string of the molecule is COc1cc(C(=O)NCc2ccc(C(=O)Nc3ccccc3N)cc2)nc2ccccc12. The molecule has 4 aromatic rings. The lowest BCUT2D eigenvalue weighted by atomic mass is 10.1. The van der Waals surface area contributed by atoms with Crippen LogP contribution in [0.5, 0.6) is 5.75 Å². The van der Waals surface area contributed by atoms with Gasteiger partial charge in [-0.05, 0) is 42.0 Å². The Hall–Kier alpha value is -4.39. The van der Waals surface area contributed by atoms with E-state index in [0.29, 0.717) is 34.7 Å². The number of nitrogens with one attached hydrogen (secondary N) is 2. The van der Waals surface area contributed by atoms with Crippen molar-refractivity contribution >= 4 is 34.1 Å². The number of nitrogen functional groups attached to an aromatic ring is 1. The van der Waals surface area contributed by atoms with E-state index in [1.54, 1.807) is 61.7 Å². The Bertz CT molecular complexity index is 1290. The predicted octanol–water partition coefficient (Wildman–Crippen LogP) is 4.01. The molecule has 32 heavy (non-hydrogen) atoms. The van der Waals surface area contributed by atoms with Gasteiger partial charge in [0, 0.05) is 23.6 Å². The van der Waals surface area contributed by atoms with Gasteiger partial charge >= 0.3 is 0 Å². The molecule has 1 heterocycles.